The Bertz CT molecular complexity index is 429. The van der Waals surface area contributed by atoms with E-state index in [0.717, 1.165) is 12.8 Å². The van der Waals surface area contributed by atoms with Crippen LogP contribution in [0.1, 0.15) is 12.8 Å². The summed E-state index contributed by atoms with van der Waals surface area (Å²) in [5.74, 6) is -0.102. The molecule has 1 aromatic carbocycles. The van der Waals surface area contributed by atoms with Crippen molar-refractivity contribution in [2.45, 2.75) is 18.9 Å². The second-order valence-electron chi connectivity index (χ2n) is 4.61. The van der Waals surface area contributed by atoms with Gasteiger partial charge in [-0.25, -0.2) is 4.79 Å². The molecule has 0 aliphatic carbocycles. The van der Waals surface area contributed by atoms with Crippen LogP contribution < -0.4 is 10.1 Å². The monoisotopic (exact) mass is 265 g/mol. The van der Waals surface area contributed by atoms with Crippen molar-refractivity contribution < 1.29 is 19.4 Å². The summed E-state index contributed by atoms with van der Waals surface area (Å²) in [7, 11) is 1.57. The predicted octanol–water partition coefficient (Wildman–Crippen LogP) is 1.99. The molecule has 0 aromatic heterocycles. The average molecular weight is 265 g/mol. The normalized spacial score (nSPS) is 17.7. The maximum absolute atomic E-state index is 11.5. The Kier molecular flexibility index (Phi) is 4.63. The van der Waals surface area contributed by atoms with Crippen LogP contribution in [-0.2, 0) is 9.53 Å². The fourth-order valence-electron chi connectivity index (χ4n) is 2.36. The van der Waals surface area contributed by atoms with Crippen LogP contribution in [0.2, 0.25) is 0 Å². The molecule has 1 saturated heterocycles. The number of hydrogen-bond acceptors (Lipinski definition) is 4. The molecule has 0 amide bonds. The lowest BCUT2D eigenvalue weighted by atomic mass is 9.91. The second-order valence-corrected chi connectivity index (χ2v) is 4.61. The molecular weight excluding hydrogens is 246 g/mol. The number of hydrogen-bond donors (Lipinski definition) is 2. The van der Waals surface area contributed by atoms with Gasteiger partial charge in [0.05, 0.1) is 12.8 Å². The Morgan fingerprint density at radius 2 is 2.11 bits per heavy atom. The van der Waals surface area contributed by atoms with Crippen LogP contribution in [0, 0.1) is 5.92 Å². The number of rotatable bonds is 5. The molecule has 5 heteroatoms. The van der Waals surface area contributed by atoms with Gasteiger partial charge in [0, 0.05) is 13.2 Å². The number of methoxy groups -OCH3 is 1. The van der Waals surface area contributed by atoms with E-state index in [-0.39, 0.29) is 5.92 Å². The van der Waals surface area contributed by atoms with E-state index in [0.29, 0.717) is 24.7 Å². The molecule has 0 radical (unpaired) electrons. The third kappa shape index (κ3) is 3.38. The highest BCUT2D eigenvalue weighted by atomic mass is 16.5. The van der Waals surface area contributed by atoms with Crippen molar-refractivity contribution in [1.82, 2.24) is 0 Å². The molecule has 0 spiro atoms. The Labute approximate surface area is 112 Å². The Balaban J connectivity index is 2.13. The summed E-state index contributed by atoms with van der Waals surface area (Å²) in [5.41, 5.74) is 0.712. The number of carboxylic acid groups (broad SMARTS) is 1. The van der Waals surface area contributed by atoms with E-state index in [1.54, 1.807) is 7.11 Å². The highest BCUT2D eigenvalue weighted by Gasteiger charge is 2.30. The molecule has 1 aliphatic rings. The maximum Gasteiger partial charge on any atom is 0.326 e. The van der Waals surface area contributed by atoms with Crippen molar-refractivity contribution in [3.05, 3.63) is 24.3 Å². The third-order valence-corrected chi connectivity index (χ3v) is 3.42. The first kappa shape index (κ1) is 13.7. The number of benzene rings is 1. The van der Waals surface area contributed by atoms with Crippen molar-refractivity contribution >= 4 is 11.7 Å². The van der Waals surface area contributed by atoms with E-state index in [9.17, 15) is 9.90 Å². The van der Waals surface area contributed by atoms with E-state index in [2.05, 4.69) is 5.32 Å². The van der Waals surface area contributed by atoms with Gasteiger partial charge in [-0.1, -0.05) is 12.1 Å². The largest absolute Gasteiger partial charge is 0.495 e. The van der Waals surface area contributed by atoms with E-state index >= 15 is 0 Å². The van der Waals surface area contributed by atoms with Gasteiger partial charge in [-0.3, -0.25) is 0 Å². The topological polar surface area (TPSA) is 67.8 Å². The fourth-order valence-corrected chi connectivity index (χ4v) is 2.36. The lowest BCUT2D eigenvalue weighted by Gasteiger charge is -2.29. The average Bonchev–Trinajstić information content (AvgIpc) is 2.45. The summed E-state index contributed by atoms with van der Waals surface area (Å²) in [6.07, 6.45) is 1.53. The Hall–Kier alpha value is -1.75. The SMILES string of the molecule is COc1ccccc1NC(C(=O)O)C1CCOCC1. The third-order valence-electron chi connectivity index (χ3n) is 3.42. The molecule has 1 unspecified atom stereocenters. The molecule has 0 bridgehead atoms. The number of para-hydroxylation sites is 2. The lowest BCUT2D eigenvalue weighted by Crippen LogP contribution is -2.39. The number of nitrogens with one attached hydrogen (secondary N) is 1. The van der Waals surface area contributed by atoms with Crippen LogP contribution in [0.3, 0.4) is 0 Å². The zero-order valence-electron chi connectivity index (χ0n) is 11.0. The second kappa shape index (κ2) is 6.43. The zero-order chi connectivity index (χ0) is 13.7. The minimum atomic E-state index is -0.835. The van der Waals surface area contributed by atoms with Gasteiger partial charge in [0.2, 0.25) is 0 Å². The van der Waals surface area contributed by atoms with Crippen LogP contribution in [-0.4, -0.2) is 37.4 Å². The summed E-state index contributed by atoms with van der Waals surface area (Å²) < 4.78 is 10.5. The number of ether oxygens (including phenoxy) is 2. The Morgan fingerprint density at radius 3 is 2.74 bits per heavy atom. The van der Waals surface area contributed by atoms with Crippen LogP contribution in [0.15, 0.2) is 24.3 Å². The molecule has 5 nitrogen and oxygen atoms in total. The maximum atomic E-state index is 11.5. The van der Waals surface area contributed by atoms with Gasteiger partial charge in [0.25, 0.3) is 0 Å². The van der Waals surface area contributed by atoms with Gasteiger partial charge < -0.3 is 19.9 Å². The lowest BCUT2D eigenvalue weighted by molar-refractivity contribution is -0.140. The quantitative estimate of drug-likeness (QED) is 0.852. The summed E-state index contributed by atoms with van der Waals surface area (Å²) in [4.78, 5) is 11.5. The molecule has 19 heavy (non-hydrogen) atoms. The molecule has 0 saturated carbocycles. The molecule has 1 fully saturated rings. The van der Waals surface area contributed by atoms with Crippen LogP contribution >= 0.6 is 0 Å². The van der Waals surface area contributed by atoms with Crippen LogP contribution in [0.4, 0.5) is 5.69 Å². The van der Waals surface area contributed by atoms with Gasteiger partial charge in [-0.2, -0.15) is 0 Å². The van der Waals surface area contributed by atoms with E-state index < -0.39 is 12.0 Å². The molecule has 104 valence electrons. The van der Waals surface area contributed by atoms with Gasteiger partial charge in [0.15, 0.2) is 0 Å². The highest BCUT2D eigenvalue weighted by molar-refractivity contribution is 5.78. The van der Waals surface area contributed by atoms with Crippen LogP contribution in [0.25, 0.3) is 0 Å². The summed E-state index contributed by atoms with van der Waals surface area (Å²) in [6, 6.07) is 6.74. The van der Waals surface area contributed by atoms with Crippen molar-refractivity contribution in [3.8, 4) is 5.75 Å². The summed E-state index contributed by atoms with van der Waals surface area (Å²) >= 11 is 0. The molecule has 1 heterocycles. The number of anilines is 1. The molecular formula is C14H19NO4. The fraction of sp³-hybridized carbons (Fsp3) is 0.500. The first-order chi connectivity index (χ1) is 9.22. The number of carbonyl (C=O) groups is 1. The Morgan fingerprint density at radius 1 is 1.42 bits per heavy atom. The minimum Gasteiger partial charge on any atom is -0.495 e. The molecule has 2 rings (SSSR count). The standard InChI is InChI=1S/C14H19NO4/c1-18-12-5-3-2-4-11(12)15-13(14(16)17)10-6-8-19-9-7-10/h2-5,10,13,15H,6-9H2,1H3,(H,16,17). The number of aliphatic carboxylic acids is 1. The summed E-state index contributed by atoms with van der Waals surface area (Å²) in [6.45, 7) is 1.25. The van der Waals surface area contributed by atoms with Gasteiger partial charge in [-0.15, -0.1) is 0 Å². The molecule has 1 aromatic rings. The van der Waals surface area contributed by atoms with E-state index in [1.807, 2.05) is 24.3 Å². The predicted molar refractivity (Wildman–Crippen MR) is 71.6 cm³/mol. The van der Waals surface area contributed by atoms with Crippen molar-refractivity contribution in [1.29, 1.82) is 0 Å². The molecule has 2 N–H and O–H groups in total. The van der Waals surface area contributed by atoms with Crippen molar-refractivity contribution in [2.24, 2.45) is 5.92 Å². The van der Waals surface area contributed by atoms with Gasteiger partial charge >= 0.3 is 5.97 Å². The van der Waals surface area contributed by atoms with Crippen molar-refractivity contribution in [2.75, 3.05) is 25.6 Å². The first-order valence-corrected chi connectivity index (χ1v) is 6.42. The van der Waals surface area contributed by atoms with E-state index in [4.69, 9.17) is 9.47 Å². The highest BCUT2D eigenvalue weighted by Crippen LogP contribution is 2.28. The minimum absolute atomic E-state index is 0.0798. The molecule has 1 aliphatic heterocycles. The first-order valence-electron chi connectivity index (χ1n) is 6.42. The smallest absolute Gasteiger partial charge is 0.326 e. The number of carboxylic acids is 1. The molecule has 1 atom stereocenters. The van der Waals surface area contributed by atoms with Crippen molar-refractivity contribution in [3.63, 3.8) is 0 Å². The zero-order valence-corrected chi connectivity index (χ0v) is 11.0. The van der Waals surface area contributed by atoms with E-state index in [1.165, 1.54) is 0 Å². The van der Waals surface area contributed by atoms with Gasteiger partial charge in [0.1, 0.15) is 11.8 Å². The summed E-state index contributed by atoms with van der Waals surface area (Å²) in [5, 5.41) is 12.5. The van der Waals surface area contributed by atoms with Crippen LogP contribution in [0.5, 0.6) is 5.75 Å². The van der Waals surface area contributed by atoms with Gasteiger partial charge in [-0.05, 0) is 30.9 Å².